The predicted octanol–water partition coefficient (Wildman–Crippen LogP) is 0.384. The molecule has 1 aliphatic rings. The Hall–Kier alpha value is -1.17. The molecule has 0 aliphatic carbocycles. The van der Waals surface area contributed by atoms with Gasteiger partial charge in [0.25, 0.3) is 0 Å². The van der Waals surface area contributed by atoms with E-state index in [0.29, 0.717) is 6.54 Å². The van der Waals surface area contributed by atoms with Gasteiger partial charge in [-0.2, -0.15) is 0 Å². The smallest absolute Gasteiger partial charge is 0.131 e. The minimum absolute atomic E-state index is 0.0118. The van der Waals surface area contributed by atoms with Crippen LogP contribution < -0.4 is 4.90 Å². The van der Waals surface area contributed by atoms with Gasteiger partial charge in [-0.1, -0.05) is 0 Å². The van der Waals surface area contributed by atoms with Crippen molar-refractivity contribution in [1.82, 2.24) is 9.88 Å². The fraction of sp³-hybridized carbons (Fsp3) is 0.643. The van der Waals surface area contributed by atoms with E-state index in [4.69, 9.17) is 5.11 Å². The lowest BCUT2D eigenvalue weighted by atomic mass is 10.1. The van der Waals surface area contributed by atoms with E-state index in [-0.39, 0.29) is 18.8 Å². The summed E-state index contributed by atoms with van der Waals surface area (Å²) in [4.78, 5) is 8.77. The Morgan fingerprint density at radius 3 is 2.79 bits per heavy atom. The molecule has 0 aromatic carbocycles. The fourth-order valence-corrected chi connectivity index (χ4v) is 2.76. The summed E-state index contributed by atoms with van der Waals surface area (Å²) in [6.45, 7) is 3.54. The molecule has 1 aromatic heterocycles. The number of likely N-dealkylation sites (N-methyl/N-ethyl adjacent to an activating group) is 1. The van der Waals surface area contributed by atoms with Gasteiger partial charge < -0.3 is 20.0 Å². The Morgan fingerprint density at radius 1 is 1.47 bits per heavy atom. The van der Waals surface area contributed by atoms with Crippen molar-refractivity contribution in [3.05, 3.63) is 23.4 Å². The van der Waals surface area contributed by atoms with Crippen LogP contribution in [0.4, 0.5) is 5.82 Å². The molecule has 0 radical (unpaired) electrons. The molecule has 106 valence electrons. The molecular formula is C14H23N3O2. The van der Waals surface area contributed by atoms with Crippen LogP contribution in [0.1, 0.15) is 17.5 Å². The first-order valence-electron chi connectivity index (χ1n) is 6.67. The normalized spacial score (nSPS) is 23.4. The van der Waals surface area contributed by atoms with Gasteiger partial charge in [-0.25, -0.2) is 4.98 Å². The zero-order valence-corrected chi connectivity index (χ0v) is 11.9. The number of hydrogen-bond acceptors (Lipinski definition) is 5. The number of pyridine rings is 1. The summed E-state index contributed by atoms with van der Waals surface area (Å²) in [7, 11) is 4.08. The van der Waals surface area contributed by atoms with Crippen molar-refractivity contribution in [2.24, 2.45) is 0 Å². The second-order valence-electron chi connectivity index (χ2n) is 5.60. The van der Waals surface area contributed by atoms with E-state index in [2.05, 4.69) is 14.8 Å². The molecule has 0 amide bonds. The van der Waals surface area contributed by atoms with Crippen LogP contribution in [0.25, 0.3) is 0 Å². The van der Waals surface area contributed by atoms with Crippen molar-refractivity contribution in [2.45, 2.75) is 32.1 Å². The lowest BCUT2D eigenvalue weighted by Gasteiger charge is -2.29. The summed E-state index contributed by atoms with van der Waals surface area (Å²) in [5.74, 6) is 0.917. The van der Waals surface area contributed by atoms with Gasteiger partial charge in [0.2, 0.25) is 0 Å². The number of aromatic nitrogens is 1. The standard InChI is InChI=1S/C14H23N3O2/c1-10-4-11(9-18)6-15-14(10)17-8-13(19)5-12(17)7-16(2)3/h4,6,12-13,18-19H,5,7-9H2,1-3H3. The first kappa shape index (κ1) is 14.2. The van der Waals surface area contributed by atoms with Crippen LogP contribution in [0.15, 0.2) is 12.3 Å². The average Bonchev–Trinajstić information content (AvgIpc) is 2.69. The van der Waals surface area contributed by atoms with E-state index in [0.717, 1.165) is 29.9 Å². The summed E-state index contributed by atoms with van der Waals surface area (Å²) < 4.78 is 0. The van der Waals surface area contributed by atoms with Crippen molar-refractivity contribution in [3.63, 3.8) is 0 Å². The molecule has 19 heavy (non-hydrogen) atoms. The molecule has 0 bridgehead atoms. The van der Waals surface area contributed by atoms with E-state index >= 15 is 0 Å². The summed E-state index contributed by atoms with van der Waals surface area (Å²) in [5.41, 5.74) is 1.87. The average molecular weight is 265 g/mol. The van der Waals surface area contributed by atoms with Gasteiger partial charge in [0.05, 0.1) is 12.7 Å². The van der Waals surface area contributed by atoms with Crippen molar-refractivity contribution in [3.8, 4) is 0 Å². The van der Waals surface area contributed by atoms with E-state index in [1.807, 2.05) is 27.1 Å². The maximum atomic E-state index is 9.91. The quantitative estimate of drug-likeness (QED) is 0.824. The predicted molar refractivity (Wildman–Crippen MR) is 75.2 cm³/mol. The van der Waals surface area contributed by atoms with Crippen LogP contribution in [0.2, 0.25) is 0 Å². The van der Waals surface area contributed by atoms with Gasteiger partial charge in [-0.3, -0.25) is 0 Å². The van der Waals surface area contributed by atoms with Gasteiger partial charge in [0.15, 0.2) is 0 Å². The van der Waals surface area contributed by atoms with E-state index in [1.165, 1.54) is 0 Å². The van der Waals surface area contributed by atoms with Crippen LogP contribution in [0.5, 0.6) is 0 Å². The molecular weight excluding hydrogens is 242 g/mol. The molecule has 2 atom stereocenters. The SMILES string of the molecule is Cc1cc(CO)cnc1N1CC(O)CC1CN(C)C. The lowest BCUT2D eigenvalue weighted by molar-refractivity contribution is 0.191. The largest absolute Gasteiger partial charge is 0.392 e. The Bertz CT molecular complexity index is 437. The molecule has 0 spiro atoms. The number of hydrogen-bond donors (Lipinski definition) is 2. The van der Waals surface area contributed by atoms with Gasteiger partial charge in [-0.15, -0.1) is 0 Å². The van der Waals surface area contributed by atoms with Crippen molar-refractivity contribution < 1.29 is 10.2 Å². The molecule has 1 aromatic rings. The minimum Gasteiger partial charge on any atom is -0.392 e. The Kier molecular flexibility index (Phi) is 4.39. The molecule has 2 N–H and O–H groups in total. The van der Waals surface area contributed by atoms with Gasteiger partial charge >= 0.3 is 0 Å². The van der Waals surface area contributed by atoms with Gasteiger partial charge in [-0.05, 0) is 44.6 Å². The Labute approximate surface area is 114 Å². The van der Waals surface area contributed by atoms with Crippen molar-refractivity contribution in [1.29, 1.82) is 0 Å². The van der Waals surface area contributed by atoms with Crippen molar-refractivity contribution >= 4 is 5.82 Å². The van der Waals surface area contributed by atoms with E-state index in [1.54, 1.807) is 6.20 Å². The van der Waals surface area contributed by atoms with E-state index < -0.39 is 0 Å². The number of nitrogens with zero attached hydrogens (tertiary/aromatic N) is 3. The van der Waals surface area contributed by atoms with Crippen LogP contribution in [0.3, 0.4) is 0 Å². The first-order valence-corrected chi connectivity index (χ1v) is 6.67. The molecule has 1 saturated heterocycles. The maximum absolute atomic E-state index is 9.91. The lowest BCUT2D eigenvalue weighted by Crippen LogP contribution is -2.38. The summed E-state index contributed by atoms with van der Waals surface area (Å²) in [6, 6.07) is 2.25. The number of aliphatic hydroxyl groups is 2. The third-order valence-corrected chi connectivity index (χ3v) is 3.53. The number of aryl methyl sites for hydroxylation is 1. The highest BCUT2D eigenvalue weighted by molar-refractivity contribution is 5.49. The summed E-state index contributed by atoms with van der Waals surface area (Å²) in [5, 5.41) is 19.0. The Balaban J connectivity index is 2.23. The van der Waals surface area contributed by atoms with Gasteiger partial charge in [0.1, 0.15) is 5.82 Å². The number of rotatable bonds is 4. The zero-order valence-electron chi connectivity index (χ0n) is 11.9. The molecule has 2 rings (SSSR count). The fourth-order valence-electron chi connectivity index (χ4n) is 2.76. The van der Waals surface area contributed by atoms with Crippen LogP contribution >= 0.6 is 0 Å². The maximum Gasteiger partial charge on any atom is 0.131 e. The first-order chi connectivity index (χ1) is 9.01. The second kappa shape index (κ2) is 5.86. The van der Waals surface area contributed by atoms with Gasteiger partial charge in [0, 0.05) is 25.3 Å². The molecule has 5 nitrogen and oxygen atoms in total. The summed E-state index contributed by atoms with van der Waals surface area (Å²) in [6.07, 6.45) is 2.20. The molecule has 5 heteroatoms. The summed E-state index contributed by atoms with van der Waals surface area (Å²) >= 11 is 0. The number of anilines is 1. The number of aliphatic hydroxyl groups excluding tert-OH is 2. The molecule has 1 fully saturated rings. The Morgan fingerprint density at radius 2 is 2.21 bits per heavy atom. The number of β-amino-alcohol motifs (C(OH)–C–C–N with tert-alkyl or cyclic N) is 1. The third kappa shape index (κ3) is 3.23. The van der Waals surface area contributed by atoms with Crippen LogP contribution in [-0.4, -0.2) is 59.4 Å². The minimum atomic E-state index is -0.288. The monoisotopic (exact) mass is 265 g/mol. The zero-order chi connectivity index (χ0) is 14.0. The molecule has 2 unspecified atom stereocenters. The highest BCUT2D eigenvalue weighted by Crippen LogP contribution is 2.27. The molecule has 1 aliphatic heterocycles. The molecule has 2 heterocycles. The molecule has 0 saturated carbocycles. The van der Waals surface area contributed by atoms with Crippen LogP contribution in [0, 0.1) is 6.92 Å². The van der Waals surface area contributed by atoms with Crippen LogP contribution in [-0.2, 0) is 6.61 Å². The third-order valence-electron chi connectivity index (χ3n) is 3.53. The van der Waals surface area contributed by atoms with E-state index in [9.17, 15) is 5.11 Å². The second-order valence-corrected chi connectivity index (χ2v) is 5.60. The highest BCUT2D eigenvalue weighted by Gasteiger charge is 2.32. The highest BCUT2D eigenvalue weighted by atomic mass is 16.3. The van der Waals surface area contributed by atoms with Crippen molar-refractivity contribution in [2.75, 3.05) is 32.1 Å². The topological polar surface area (TPSA) is 59.8 Å².